The average Bonchev–Trinajstić information content (AvgIpc) is 3.19. The van der Waals surface area contributed by atoms with E-state index in [1.165, 1.54) is 83.5 Å². The van der Waals surface area contributed by atoms with Crippen molar-refractivity contribution in [1.82, 2.24) is 0 Å². The maximum Gasteiger partial charge on any atom is 0.306 e. The largest absolute Gasteiger partial charge is 0.462 e. The summed E-state index contributed by atoms with van der Waals surface area (Å²) in [6.07, 6.45) is 54.7. The number of hydrogen-bond donors (Lipinski definition) is 0. The first kappa shape index (κ1) is 52.9. The van der Waals surface area contributed by atoms with E-state index >= 15 is 0 Å². The Morgan fingerprint density at radius 1 is 0.375 bits per heavy atom. The molecule has 0 heterocycles. The molecule has 0 N–H and O–H groups in total. The zero-order chi connectivity index (χ0) is 40.8. The third-order valence-electron chi connectivity index (χ3n) is 9.49. The molecule has 0 spiro atoms. The van der Waals surface area contributed by atoms with E-state index in [4.69, 9.17) is 14.2 Å². The fraction of sp³-hybridized carbons (Fsp3) is 0.700. The van der Waals surface area contributed by atoms with Crippen molar-refractivity contribution in [1.29, 1.82) is 0 Å². The maximum atomic E-state index is 12.7. The van der Waals surface area contributed by atoms with Gasteiger partial charge in [0.2, 0.25) is 0 Å². The van der Waals surface area contributed by atoms with Crippen molar-refractivity contribution in [2.45, 2.75) is 213 Å². The molecule has 0 fully saturated rings. The number of unbranched alkanes of at least 4 members (excludes halogenated alkanes) is 17. The van der Waals surface area contributed by atoms with Crippen molar-refractivity contribution in [3.05, 3.63) is 72.9 Å². The van der Waals surface area contributed by atoms with Crippen LogP contribution in [0.3, 0.4) is 0 Å². The summed E-state index contributed by atoms with van der Waals surface area (Å²) < 4.78 is 16.6. The number of ether oxygens (including phenoxy) is 3. The Morgan fingerprint density at radius 2 is 0.696 bits per heavy atom. The highest BCUT2D eigenvalue weighted by Crippen LogP contribution is 2.14. The van der Waals surface area contributed by atoms with Gasteiger partial charge in [-0.1, -0.05) is 203 Å². The van der Waals surface area contributed by atoms with Crippen LogP contribution in [0.2, 0.25) is 0 Å². The van der Waals surface area contributed by atoms with Crippen molar-refractivity contribution in [3.8, 4) is 0 Å². The van der Waals surface area contributed by atoms with Gasteiger partial charge in [-0.2, -0.15) is 0 Å². The lowest BCUT2D eigenvalue weighted by molar-refractivity contribution is -0.166. The number of hydrogen-bond acceptors (Lipinski definition) is 6. The second kappa shape index (κ2) is 44.6. The van der Waals surface area contributed by atoms with E-state index in [2.05, 4.69) is 81.5 Å². The molecule has 0 aromatic heterocycles. The summed E-state index contributed by atoms with van der Waals surface area (Å²) in [6.45, 7) is 6.41. The SMILES string of the molecule is CC/C=C\C/C=C\C/C=C\C/C=C\C/C=C\C/C=C\CCC(=O)OCC(COC(=O)CCCCCCCCCCC)OC(=O)CCCCCCCCCCCC. The number of rotatable bonds is 40. The maximum absolute atomic E-state index is 12.7. The van der Waals surface area contributed by atoms with Crippen molar-refractivity contribution < 1.29 is 28.6 Å². The number of carbonyl (C=O) groups is 3. The van der Waals surface area contributed by atoms with E-state index in [0.717, 1.165) is 77.0 Å². The van der Waals surface area contributed by atoms with Gasteiger partial charge in [0, 0.05) is 19.3 Å². The molecule has 6 nitrogen and oxygen atoms in total. The summed E-state index contributed by atoms with van der Waals surface area (Å²) in [5.41, 5.74) is 0. The number of esters is 3. The molecule has 1 unspecified atom stereocenters. The molecule has 0 saturated heterocycles. The van der Waals surface area contributed by atoms with E-state index < -0.39 is 6.10 Å². The predicted molar refractivity (Wildman–Crippen MR) is 238 cm³/mol. The standard InChI is InChI=1S/C50H84O6/c1-4-7-10-13-16-19-21-22-23-24-25-26-27-28-29-32-34-37-40-43-49(52)55-46-47(45-54-48(51)42-39-36-33-30-18-15-12-9-6-3)56-50(53)44-41-38-35-31-20-17-14-11-8-5-2/h7,10,16,19,22-23,25-26,28-29,34,37,47H,4-6,8-9,11-15,17-18,20-21,24,27,30-33,35-36,38-46H2,1-3H3/b10-7-,19-16-,23-22-,26-25-,29-28-,37-34-. The van der Waals surface area contributed by atoms with Crippen molar-refractivity contribution >= 4 is 17.9 Å². The first-order valence-corrected chi connectivity index (χ1v) is 22.9. The first-order chi connectivity index (χ1) is 27.5. The van der Waals surface area contributed by atoms with Crippen LogP contribution in [0.25, 0.3) is 0 Å². The molecule has 0 saturated carbocycles. The van der Waals surface area contributed by atoms with Crippen LogP contribution in [0.15, 0.2) is 72.9 Å². The Bertz CT molecular complexity index is 1080. The summed E-state index contributed by atoms with van der Waals surface area (Å²) in [7, 11) is 0. The van der Waals surface area contributed by atoms with Gasteiger partial charge in [-0.15, -0.1) is 0 Å². The Labute approximate surface area is 344 Å². The van der Waals surface area contributed by atoms with E-state index in [-0.39, 0.29) is 37.5 Å². The molecule has 0 aliphatic rings. The van der Waals surface area contributed by atoms with Gasteiger partial charge < -0.3 is 14.2 Å². The molecule has 0 radical (unpaired) electrons. The molecule has 56 heavy (non-hydrogen) atoms. The summed E-state index contributed by atoms with van der Waals surface area (Å²) in [4.78, 5) is 37.6. The molecule has 0 amide bonds. The predicted octanol–water partition coefficient (Wildman–Crippen LogP) is 14.7. The Hall–Kier alpha value is -3.15. The Balaban J connectivity index is 4.44. The first-order valence-electron chi connectivity index (χ1n) is 22.9. The van der Waals surface area contributed by atoms with Crippen LogP contribution in [-0.4, -0.2) is 37.2 Å². The number of carbonyl (C=O) groups excluding carboxylic acids is 3. The fourth-order valence-corrected chi connectivity index (χ4v) is 6.05. The summed E-state index contributed by atoms with van der Waals surface area (Å²) in [5, 5.41) is 0. The van der Waals surface area contributed by atoms with Crippen LogP contribution >= 0.6 is 0 Å². The Morgan fingerprint density at radius 3 is 1.09 bits per heavy atom. The molecule has 0 aliphatic carbocycles. The third kappa shape index (κ3) is 42.0. The second-order valence-electron chi connectivity index (χ2n) is 14.9. The highest BCUT2D eigenvalue weighted by Gasteiger charge is 2.19. The topological polar surface area (TPSA) is 78.9 Å². The van der Waals surface area contributed by atoms with E-state index in [1.807, 2.05) is 12.2 Å². The van der Waals surface area contributed by atoms with Gasteiger partial charge in [0.15, 0.2) is 6.10 Å². The molecule has 6 heteroatoms. The van der Waals surface area contributed by atoms with Gasteiger partial charge in [-0.3, -0.25) is 14.4 Å². The van der Waals surface area contributed by atoms with Crippen LogP contribution < -0.4 is 0 Å². The number of allylic oxidation sites excluding steroid dienone is 12. The monoisotopic (exact) mass is 781 g/mol. The molecule has 0 aromatic rings. The lowest BCUT2D eigenvalue weighted by Gasteiger charge is -2.18. The summed E-state index contributed by atoms with van der Waals surface area (Å²) in [5.74, 6) is -0.993. The summed E-state index contributed by atoms with van der Waals surface area (Å²) >= 11 is 0. The van der Waals surface area contributed by atoms with Gasteiger partial charge in [0.25, 0.3) is 0 Å². The summed E-state index contributed by atoms with van der Waals surface area (Å²) in [6, 6.07) is 0. The highest BCUT2D eigenvalue weighted by atomic mass is 16.6. The smallest absolute Gasteiger partial charge is 0.306 e. The zero-order valence-electron chi connectivity index (χ0n) is 36.4. The minimum Gasteiger partial charge on any atom is -0.462 e. The van der Waals surface area contributed by atoms with Crippen LogP contribution in [0.1, 0.15) is 207 Å². The van der Waals surface area contributed by atoms with Crippen molar-refractivity contribution in [2.75, 3.05) is 13.2 Å². The van der Waals surface area contributed by atoms with Crippen LogP contribution in [-0.2, 0) is 28.6 Å². The fourth-order valence-electron chi connectivity index (χ4n) is 6.05. The van der Waals surface area contributed by atoms with E-state index in [1.54, 1.807) is 0 Å². The lowest BCUT2D eigenvalue weighted by Crippen LogP contribution is -2.30. The highest BCUT2D eigenvalue weighted by molar-refractivity contribution is 5.71. The minimum atomic E-state index is -0.799. The van der Waals surface area contributed by atoms with Gasteiger partial charge in [-0.25, -0.2) is 0 Å². The second-order valence-corrected chi connectivity index (χ2v) is 14.9. The van der Waals surface area contributed by atoms with Crippen LogP contribution in [0.4, 0.5) is 0 Å². The molecular weight excluding hydrogens is 697 g/mol. The van der Waals surface area contributed by atoms with Crippen LogP contribution in [0, 0.1) is 0 Å². The molecule has 0 rings (SSSR count). The Kier molecular flexibility index (Phi) is 42.1. The molecule has 0 aliphatic heterocycles. The van der Waals surface area contributed by atoms with Gasteiger partial charge in [-0.05, 0) is 57.8 Å². The van der Waals surface area contributed by atoms with Gasteiger partial charge in [0.05, 0.1) is 0 Å². The van der Waals surface area contributed by atoms with Gasteiger partial charge >= 0.3 is 17.9 Å². The van der Waals surface area contributed by atoms with Crippen molar-refractivity contribution in [3.63, 3.8) is 0 Å². The lowest BCUT2D eigenvalue weighted by atomic mass is 10.1. The average molecular weight is 781 g/mol. The quantitative estimate of drug-likeness (QED) is 0.0267. The normalized spacial score (nSPS) is 12.7. The van der Waals surface area contributed by atoms with Crippen molar-refractivity contribution in [2.24, 2.45) is 0 Å². The van der Waals surface area contributed by atoms with Crippen LogP contribution in [0.5, 0.6) is 0 Å². The molecule has 0 bridgehead atoms. The molecular formula is C50H84O6. The minimum absolute atomic E-state index is 0.0968. The molecule has 320 valence electrons. The van der Waals surface area contributed by atoms with E-state index in [9.17, 15) is 14.4 Å². The van der Waals surface area contributed by atoms with E-state index in [0.29, 0.717) is 19.3 Å². The third-order valence-corrected chi connectivity index (χ3v) is 9.49. The molecule has 0 aromatic carbocycles. The zero-order valence-corrected chi connectivity index (χ0v) is 36.4. The molecule has 1 atom stereocenters. The van der Waals surface area contributed by atoms with Gasteiger partial charge in [0.1, 0.15) is 13.2 Å².